The molecule has 2 fully saturated rings. The second kappa shape index (κ2) is 5.81. The fourth-order valence-electron chi connectivity index (χ4n) is 3.47. The summed E-state index contributed by atoms with van der Waals surface area (Å²) >= 11 is 0. The Hall–Kier alpha value is -1.02. The molecule has 1 aromatic rings. The Balaban J connectivity index is 1.93. The van der Waals surface area contributed by atoms with Crippen molar-refractivity contribution < 1.29 is 29.5 Å². The highest BCUT2D eigenvalue weighted by Crippen LogP contribution is 2.42. The van der Waals surface area contributed by atoms with Gasteiger partial charge in [0, 0.05) is 0 Å². The van der Waals surface area contributed by atoms with Gasteiger partial charge in [0.05, 0.1) is 12.7 Å². The van der Waals surface area contributed by atoms with E-state index in [1.807, 2.05) is 13.0 Å². The number of aliphatic hydroxyl groups excluding tert-OH is 2. The van der Waals surface area contributed by atoms with Crippen LogP contribution in [0.4, 0.5) is 0 Å². The molecule has 1 aromatic carbocycles. The molecule has 128 valence electrons. The summed E-state index contributed by atoms with van der Waals surface area (Å²) in [5.41, 5.74) is -1.24. The Morgan fingerprint density at radius 1 is 1.13 bits per heavy atom. The van der Waals surface area contributed by atoms with E-state index in [0.717, 1.165) is 0 Å². The first kappa shape index (κ1) is 16.8. The van der Waals surface area contributed by atoms with Gasteiger partial charge in [0.15, 0.2) is 5.79 Å². The van der Waals surface area contributed by atoms with E-state index < -0.39 is 48.5 Å². The average molecular weight is 324 g/mol. The first-order chi connectivity index (χ1) is 10.8. The van der Waals surface area contributed by atoms with Crippen molar-refractivity contribution in [2.24, 2.45) is 0 Å². The normalized spacial score (nSPS) is 38.8. The predicted octanol–water partition coefficient (Wildman–Crippen LogP) is 0.535. The van der Waals surface area contributed by atoms with Crippen LogP contribution >= 0.6 is 0 Å². The smallest absolute Gasteiger partial charge is 0.164 e. The van der Waals surface area contributed by atoms with Gasteiger partial charge in [0.2, 0.25) is 0 Å². The summed E-state index contributed by atoms with van der Waals surface area (Å²) in [6, 6.07) is 8.72. The quantitative estimate of drug-likeness (QED) is 0.752. The molecular formula is C17H24O6. The van der Waals surface area contributed by atoms with Gasteiger partial charge in [-0.05, 0) is 26.3 Å². The highest BCUT2D eigenvalue weighted by molar-refractivity contribution is 5.25. The van der Waals surface area contributed by atoms with E-state index in [2.05, 4.69) is 0 Å². The van der Waals surface area contributed by atoms with Gasteiger partial charge in [-0.1, -0.05) is 30.3 Å². The molecule has 1 unspecified atom stereocenters. The Labute approximate surface area is 135 Å². The molecule has 2 heterocycles. The van der Waals surface area contributed by atoms with Crippen LogP contribution in [0, 0.1) is 0 Å². The van der Waals surface area contributed by atoms with E-state index in [9.17, 15) is 15.3 Å². The van der Waals surface area contributed by atoms with Gasteiger partial charge in [0.1, 0.15) is 30.0 Å². The van der Waals surface area contributed by atoms with Gasteiger partial charge >= 0.3 is 0 Å². The number of hydrogen-bond donors (Lipinski definition) is 3. The van der Waals surface area contributed by atoms with E-state index in [1.165, 1.54) is 0 Å². The third-order valence-electron chi connectivity index (χ3n) is 4.62. The minimum Gasteiger partial charge on any atom is -0.393 e. The van der Waals surface area contributed by atoms with Crippen LogP contribution < -0.4 is 0 Å². The summed E-state index contributed by atoms with van der Waals surface area (Å²) in [7, 11) is 0. The molecule has 6 nitrogen and oxygen atoms in total. The standard InChI is InChI=1S/C17H24O6/c1-10-13-14(23-16(2,3)22-13)12(19)15(21-10)17(20,9-18)11-7-5-4-6-8-11/h4-8,10,12-15,18-20H,9H2,1-3H3/t10-,12+,13-,14+,15?,17+/m1/s1. The zero-order chi connectivity index (χ0) is 16.8. The molecular weight excluding hydrogens is 300 g/mol. The van der Waals surface area contributed by atoms with Gasteiger partial charge in [-0.3, -0.25) is 0 Å². The third-order valence-corrected chi connectivity index (χ3v) is 4.62. The summed E-state index contributed by atoms with van der Waals surface area (Å²) < 4.78 is 17.4. The zero-order valence-corrected chi connectivity index (χ0v) is 13.5. The fraction of sp³-hybridized carbons (Fsp3) is 0.647. The lowest BCUT2D eigenvalue weighted by atomic mass is 9.81. The largest absolute Gasteiger partial charge is 0.393 e. The van der Waals surface area contributed by atoms with Crippen LogP contribution in [0.15, 0.2) is 30.3 Å². The van der Waals surface area contributed by atoms with E-state index in [0.29, 0.717) is 5.56 Å². The lowest BCUT2D eigenvalue weighted by Crippen LogP contribution is -2.63. The van der Waals surface area contributed by atoms with Crippen LogP contribution in [0.3, 0.4) is 0 Å². The number of rotatable bonds is 3. The molecule has 3 rings (SSSR count). The van der Waals surface area contributed by atoms with Crippen molar-refractivity contribution in [2.75, 3.05) is 6.61 Å². The monoisotopic (exact) mass is 324 g/mol. The minimum absolute atomic E-state index is 0.392. The topological polar surface area (TPSA) is 88.4 Å². The molecule has 0 aliphatic carbocycles. The highest BCUT2D eigenvalue weighted by Gasteiger charge is 2.58. The van der Waals surface area contributed by atoms with Crippen LogP contribution in [0.25, 0.3) is 0 Å². The summed E-state index contributed by atoms with van der Waals surface area (Å²) in [5, 5.41) is 31.6. The first-order valence-electron chi connectivity index (χ1n) is 7.86. The van der Waals surface area contributed by atoms with Crippen molar-refractivity contribution in [3.05, 3.63) is 35.9 Å². The number of hydrogen-bond acceptors (Lipinski definition) is 6. The van der Waals surface area contributed by atoms with Crippen LogP contribution in [0.5, 0.6) is 0 Å². The predicted molar refractivity (Wildman–Crippen MR) is 81.6 cm³/mol. The molecule has 23 heavy (non-hydrogen) atoms. The molecule has 2 aliphatic rings. The second-order valence-corrected chi connectivity index (χ2v) is 6.77. The third kappa shape index (κ3) is 2.80. The number of benzene rings is 1. The van der Waals surface area contributed by atoms with Gasteiger partial charge in [-0.25, -0.2) is 0 Å². The van der Waals surface area contributed by atoms with Gasteiger partial charge in [-0.15, -0.1) is 0 Å². The average Bonchev–Trinajstić information content (AvgIpc) is 2.87. The highest BCUT2D eigenvalue weighted by atomic mass is 16.8. The molecule has 2 saturated heterocycles. The number of fused-ring (bicyclic) bond motifs is 1. The van der Waals surface area contributed by atoms with Crippen LogP contribution in [-0.4, -0.2) is 58.2 Å². The van der Waals surface area contributed by atoms with Crippen LogP contribution in [-0.2, 0) is 19.8 Å². The Morgan fingerprint density at radius 3 is 2.35 bits per heavy atom. The van der Waals surface area contributed by atoms with Gasteiger partial charge < -0.3 is 29.5 Å². The van der Waals surface area contributed by atoms with Crippen molar-refractivity contribution in [2.45, 2.75) is 62.7 Å². The molecule has 0 radical (unpaired) electrons. The van der Waals surface area contributed by atoms with E-state index in [-0.39, 0.29) is 0 Å². The maximum absolute atomic E-state index is 11.0. The SMILES string of the molecule is C[C@H]1OC([C@](O)(CO)c2ccccc2)[C@@H](O)[C@@H]2OC(C)(C)O[C@@H]21. The van der Waals surface area contributed by atoms with Gasteiger partial charge in [0.25, 0.3) is 0 Å². The molecule has 6 heteroatoms. The molecule has 3 N–H and O–H groups in total. The Kier molecular flexibility index (Phi) is 4.25. The molecule has 0 aromatic heterocycles. The van der Waals surface area contributed by atoms with Crippen molar-refractivity contribution in [3.8, 4) is 0 Å². The molecule has 2 aliphatic heterocycles. The van der Waals surface area contributed by atoms with Crippen LogP contribution in [0.1, 0.15) is 26.3 Å². The van der Waals surface area contributed by atoms with E-state index in [4.69, 9.17) is 14.2 Å². The first-order valence-corrected chi connectivity index (χ1v) is 7.86. The Bertz CT molecular complexity index is 547. The summed E-state index contributed by atoms with van der Waals surface area (Å²) in [5.74, 6) is -0.826. The molecule has 0 saturated carbocycles. The fourth-order valence-corrected chi connectivity index (χ4v) is 3.47. The molecule has 0 spiro atoms. The number of aliphatic hydroxyl groups is 3. The maximum Gasteiger partial charge on any atom is 0.164 e. The number of ether oxygens (including phenoxy) is 3. The van der Waals surface area contributed by atoms with Crippen molar-refractivity contribution in [1.82, 2.24) is 0 Å². The van der Waals surface area contributed by atoms with E-state index in [1.54, 1.807) is 38.1 Å². The summed E-state index contributed by atoms with van der Waals surface area (Å²) in [6.07, 6.45) is -3.59. The Morgan fingerprint density at radius 2 is 1.74 bits per heavy atom. The van der Waals surface area contributed by atoms with E-state index >= 15 is 0 Å². The minimum atomic E-state index is -1.73. The lowest BCUT2D eigenvalue weighted by Gasteiger charge is -2.45. The van der Waals surface area contributed by atoms with Gasteiger partial charge in [-0.2, -0.15) is 0 Å². The van der Waals surface area contributed by atoms with Crippen molar-refractivity contribution >= 4 is 0 Å². The van der Waals surface area contributed by atoms with Crippen LogP contribution in [0.2, 0.25) is 0 Å². The molecule has 0 bridgehead atoms. The second-order valence-electron chi connectivity index (χ2n) is 6.77. The zero-order valence-electron chi connectivity index (χ0n) is 13.5. The summed E-state index contributed by atoms with van der Waals surface area (Å²) in [4.78, 5) is 0. The lowest BCUT2D eigenvalue weighted by molar-refractivity contribution is -0.249. The summed E-state index contributed by atoms with van der Waals surface area (Å²) in [6.45, 7) is 4.78. The van der Waals surface area contributed by atoms with Crippen molar-refractivity contribution in [3.63, 3.8) is 0 Å². The molecule has 0 amide bonds. The maximum atomic E-state index is 11.0. The van der Waals surface area contributed by atoms with Crippen molar-refractivity contribution in [1.29, 1.82) is 0 Å². The molecule has 6 atom stereocenters.